The maximum atomic E-state index is 7.08. The molecule has 0 aliphatic carbocycles. The summed E-state index contributed by atoms with van der Waals surface area (Å²) in [7, 11) is -2.58. The van der Waals surface area contributed by atoms with E-state index in [0.717, 1.165) is 12.0 Å². The molecule has 0 radical (unpaired) electrons. The van der Waals surface area contributed by atoms with Gasteiger partial charge in [-0.2, -0.15) is 0 Å². The van der Waals surface area contributed by atoms with Gasteiger partial charge in [-0.1, -0.05) is 112 Å². The molecule has 1 aliphatic rings. The molecule has 0 bridgehead atoms. The second-order valence-corrected chi connectivity index (χ2v) is 15.3. The highest BCUT2D eigenvalue weighted by Gasteiger charge is 2.50. The Morgan fingerprint density at radius 3 is 1.78 bits per heavy atom. The Kier molecular flexibility index (Phi) is 8.48. The molecule has 3 aromatic rings. The minimum atomic E-state index is -2.58. The molecule has 192 valence electrons. The molecule has 0 spiro atoms. The van der Waals surface area contributed by atoms with Crippen molar-refractivity contribution in [1.29, 1.82) is 0 Å². The summed E-state index contributed by atoms with van der Waals surface area (Å²) < 4.78 is 25.6. The third-order valence-corrected chi connectivity index (χ3v) is 11.9. The number of ether oxygens (including phenoxy) is 3. The molecule has 36 heavy (non-hydrogen) atoms. The SMILES string of the molecule is CC1(C)O[C@@H](CCO[Si](c2ccccc2)(c2ccccc2)C(C)(C)C)[C@H](COCc2ccccc2)O1. The predicted octanol–water partition coefficient (Wildman–Crippen LogP) is 5.69. The van der Waals surface area contributed by atoms with Crippen LogP contribution in [0.15, 0.2) is 91.0 Å². The number of hydrogen-bond donors (Lipinski definition) is 0. The first-order valence-corrected chi connectivity index (χ1v) is 14.8. The second kappa shape index (κ2) is 11.4. The first kappa shape index (κ1) is 26.8. The van der Waals surface area contributed by atoms with Crippen LogP contribution in [-0.2, 0) is 25.2 Å². The number of rotatable bonds is 10. The smallest absolute Gasteiger partial charge is 0.261 e. The summed E-state index contributed by atoms with van der Waals surface area (Å²) in [6.07, 6.45) is 0.522. The van der Waals surface area contributed by atoms with Crippen molar-refractivity contribution in [2.75, 3.05) is 13.2 Å². The van der Waals surface area contributed by atoms with Gasteiger partial charge in [0, 0.05) is 6.61 Å². The fourth-order valence-electron chi connectivity index (χ4n) is 5.25. The average Bonchev–Trinajstić information content (AvgIpc) is 3.16. The molecule has 0 unspecified atom stereocenters. The topological polar surface area (TPSA) is 36.9 Å². The molecule has 1 saturated heterocycles. The second-order valence-electron chi connectivity index (χ2n) is 11.0. The molecule has 1 fully saturated rings. The van der Waals surface area contributed by atoms with Gasteiger partial charge in [0.1, 0.15) is 6.10 Å². The Morgan fingerprint density at radius 1 is 0.750 bits per heavy atom. The summed E-state index contributed by atoms with van der Waals surface area (Å²) in [6, 6.07) is 31.7. The zero-order valence-electron chi connectivity index (χ0n) is 22.3. The molecule has 0 amide bonds. The summed E-state index contributed by atoms with van der Waals surface area (Å²) in [5.41, 5.74) is 1.15. The van der Waals surface area contributed by atoms with E-state index in [9.17, 15) is 0 Å². The van der Waals surface area contributed by atoms with Crippen LogP contribution in [0, 0.1) is 0 Å². The first-order valence-electron chi connectivity index (χ1n) is 12.9. The molecule has 3 aromatic carbocycles. The molecular formula is C31H40O4Si. The minimum Gasteiger partial charge on any atom is -0.407 e. The van der Waals surface area contributed by atoms with Gasteiger partial charge in [-0.25, -0.2) is 0 Å². The highest BCUT2D eigenvalue weighted by Crippen LogP contribution is 2.37. The molecule has 5 heteroatoms. The van der Waals surface area contributed by atoms with Gasteiger partial charge in [0.25, 0.3) is 8.32 Å². The molecule has 0 aromatic heterocycles. The Bertz CT molecular complexity index is 1020. The highest BCUT2D eigenvalue weighted by atomic mass is 28.4. The molecule has 0 saturated carbocycles. The maximum Gasteiger partial charge on any atom is 0.261 e. The Labute approximate surface area is 217 Å². The van der Waals surface area contributed by atoms with Crippen molar-refractivity contribution in [3.63, 3.8) is 0 Å². The van der Waals surface area contributed by atoms with Crippen LogP contribution in [0.3, 0.4) is 0 Å². The van der Waals surface area contributed by atoms with Crippen molar-refractivity contribution in [2.24, 2.45) is 0 Å². The molecule has 4 nitrogen and oxygen atoms in total. The van der Waals surface area contributed by atoms with Gasteiger partial charge >= 0.3 is 0 Å². The highest BCUT2D eigenvalue weighted by molar-refractivity contribution is 6.99. The lowest BCUT2D eigenvalue weighted by Gasteiger charge is -2.43. The van der Waals surface area contributed by atoms with E-state index in [2.05, 4.69) is 93.6 Å². The standard InChI is InChI=1S/C31H40O4Si/c1-30(2,3)36(26-17-11-7-12-18-26,27-19-13-8-14-20-27)33-22-21-28-29(35-31(4,5)34-28)24-32-23-25-15-9-6-10-16-25/h6-20,28-29H,21-24H2,1-5H3/t28-,29-/m0/s1. The lowest BCUT2D eigenvalue weighted by molar-refractivity contribution is -0.151. The molecular weight excluding hydrogens is 464 g/mol. The van der Waals surface area contributed by atoms with Crippen molar-refractivity contribution in [1.82, 2.24) is 0 Å². The van der Waals surface area contributed by atoms with Crippen molar-refractivity contribution in [3.8, 4) is 0 Å². The van der Waals surface area contributed by atoms with E-state index in [0.29, 0.717) is 19.8 Å². The molecule has 1 heterocycles. The van der Waals surface area contributed by atoms with Crippen molar-refractivity contribution in [3.05, 3.63) is 96.6 Å². The van der Waals surface area contributed by atoms with Crippen LogP contribution in [0.4, 0.5) is 0 Å². The van der Waals surface area contributed by atoms with Crippen LogP contribution in [0.5, 0.6) is 0 Å². The Hall–Kier alpha value is -2.28. The molecule has 2 atom stereocenters. The lowest BCUT2D eigenvalue weighted by Crippen LogP contribution is -2.66. The van der Waals surface area contributed by atoms with Gasteiger partial charge in [0.05, 0.1) is 19.3 Å². The zero-order valence-corrected chi connectivity index (χ0v) is 23.3. The normalized spacial score (nSPS) is 19.9. The minimum absolute atomic E-state index is 0.0554. The van der Waals surface area contributed by atoms with Gasteiger partial charge in [-0.15, -0.1) is 0 Å². The molecule has 4 rings (SSSR count). The summed E-state index contributed by atoms with van der Waals surface area (Å²) in [5.74, 6) is -0.636. The van der Waals surface area contributed by atoms with Crippen LogP contribution in [-0.4, -0.2) is 39.5 Å². The van der Waals surface area contributed by atoms with E-state index in [1.807, 2.05) is 32.0 Å². The summed E-state index contributed by atoms with van der Waals surface area (Å²) in [4.78, 5) is 0. The Balaban J connectivity index is 1.49. The van der Waals surface area contributed by atoms with Crippen LogP contribution < -0.4 is 10.4 Å². The van der Waals surface area contributed by atoms with Gasteiger partial charge in [-0.3, -0.25) is 0 Å². The van der Waals surface area contributed by atoms with Gasteiger partial charge in [-0.05, 0) is 41.2 Å². The van der Waals surface area contributed by atoms with Crippen molar-refractivity contribution < 1.29 is 18.6 Å². The van der Waals surface area contributed by atoms with Crippen LogP contribution in [0.25, 0.3) is 0 Å². The average molecular weight is 505 g/mol. The summed E-state index contributed by atoms with van der Waals surface area (Å²) in [5, 5.41) is 2.52. The lowest BCUT2D eigenvalue weighted by atomic mass is 10.1. The quantitative estimate of drug-likeness (QED) is 0.333. The summed E-state index contributed by atoms with van der Waals surface area (Å²) in [6.45, 7) is 12.5. The first-order chi connectivity index (χ1) is 17.2. The largest absolute Gasteiger partial charge is 0.407 e. The van der Waals surface area contributed by atoms with E-state index in [1.54, 1.807) is 0 Å². The maximum absolute atomic E-state index is 7.08. The van der Waals surface area contributed by atoms with Gasteiger partial charge in [0.2, 0.25) is 0 Å². The van der Waals surface area contributed by atoms with E-state index >= 15 is 0 Å². The molecule has 0 N–H and O–H groups in total. The fraction of sp³-hybridized carbons (Fsp3) is 0.419. The third-order valence-electron chi connectivity index (χ3n) is 6.82. The Morgan fingerprint density at radius 2 is 1.25 bits per heavy atom. The fourth-order valence-corrected chi connectivity index (χ4v) is 9.83. The number of hydrogen-bond acceptors (Lipinski definition) is 4. The molecule has 1 aliphatic heterocycles. The monoisotopic (exact) mass is 504 g/mol. The van der Waals surface area contributed by atoms with Crippen LogP contribution in [0.2, 0.25) is 5.04 Å². The number of benzene rings is 3. The predicted molar refractivity (Wildman–Crippen MR) is 148 cm³/mol. The zero-order chi connectivity index (χ0) is 25.7. The summed E-state index contributed by atoms with van der Waals surface area (Å²) >= 11 is 0. The van der Waals surface area contributed by atoms with E-state index in [4.69, 9.17) is 18.6 Å². The third kappa shape index (κ3) is 6.16. The van der Waals surface area contributed by atoms with Crippen LogP contribution in [0.1, 0.15) is 46.6 Å². The van der Waals surface area contributed by atoms with E-state index in [-0.39, 0.29) is 17.2 Å². The van der Waals surface area contributed by atoms with E-state index in [1.165, 1.54) is 10.4 Å². The van der Waals surface area contributed by atoms with Crippen molar-refractivity contribution in [2.45, 2.75) is 70.7 Å². The van der Waals surface area contributed by atoms with Crippen molar-refractivity contribution >= 4 is 18.7 Å². The van der Waals surface area contributed by atoms with Crippen LogP contribution >= 0.6 is 0 Å². The van der Waals surface area contributed by atoms with Gasteiger partial charge in [0.15, 0.2) is 5.79 Å². The van der Waals surface area contributed by atoms with E-state index < -0.39 is 14.1 Å². The van der Waals surface area contributed by atoms with Gasteiger partial charge < -0.3 is 18.6 Å².